The number of benzene rings is 1. The third-order valence-electron chi connectivity index (χ3n) is 3.52. The molecule has 0 bridgehead atoms. The van der Waals surface area contributed by atoms with E-state index in [1.807, 2.05) is 0 Å². The van der Waals surface area contributed by atoms with E-state index in [1.54, 1.807) is 42.1 Å². The van der Waals surface area contributed by atoms with Crippen LogP contribution in [0.5, 0.6) is 0 Å². The number of carbonyl (C=O) groups is 1. The molecule has 2 unspecified atom stereocenters. The minimum atomic E-state index is -0.950. The quantitative estimate of drug-likeness (QED) is 0.918. The average molecular weight is 324 g/mol. The molecule has 0 radical (unpaired) electrons. The number of carboxylic acid groups (broad SMARTS) is 1. The van der Waals surface area contributed by atoms with Gasteiger partial charge in [0.1, 0.15) is 5.92 Å². The summed E-state index contributed by atoms with van der Waals surface area (Å²) < 4.78 is 1.60. The third-order valence-corrected chi connectivity index (χ3v) is 4.26. The highest BCUT2D eigenvalue weighted by Crippen LogP contribution is 2.37. The number of aliphatic imine (C=N–C) groups is 1. The molecule has 108 valence electrons. The van der Waals surface area contributed by atoms with Gasteiger partial charge >= 0.3 is 5.97 Å². The summed E-state index contributed by atoms with van der Waals surface area (Å²) >= 11 is 12.0. The van der Waals surface area contributed by atoms with Gasteiger partial charge in [0.2, 0.25) is 0 Å². The van der Waals surface area contributed by atoms with Crippen molar-refractivity contribution in [3.63, 3.8) is 0 Å². The largest absolute Gasteiger partial charge is 0.481 e. The molecule has 1 N–H and O–H groups in total. The lowest BCUT2D eigenvalue weighted by atomic mass is 9.88. The summed E-state index contributed by atoms with van der Waals surface area (Å²) in [5.74, 6) is -1.12. The molecule has 1 aromatic carbocycles. The topological polar surface area (TPSA) is 67.5 Å². The number of rotatable bonds is 2. The average Bonchev–Trinajstić information content (AvgIpc) is 2.87. The van der Waals surface area contributed by atoms with Gasteiger partial charge in [0.05, 0.1) is 22.3 Å². The fourth-order valence-corrected chi connectivity index (χ4v) is 2.88. The number of aromatic nitrogens is 2. The van der Waals surface area contributed by atoms with E-state index in [0.717, 1.165) is 5.56 Å². The molecule has 0 amide bonds. The molecule has 0 aliphatic carbocycles. The lowest BCUT2D eigenvalue weighted by Gasteiger charge is -2.29. The molecule has 2 atom stereocenters. The highest BCUT2D eigenvalue weighted by atomic mass is 35.5. The van der Waals surface area contributed by atoms with Crippen LogP contribution in [-0.4, -0.2) is 26.6 Å². The molecule has 0 fully saturated rings. The first-order valence-electron chi connectivity index (χ1n) is 6.25. The molecule has 0 spiro atoms. The Bertz CT molecular complexity index is 754. The van der Waals surface area contributed by atoms with E-state index in [-0.39, 0.29) is 0 Å². The smallest absolute Gasteiger partial charge is 0.314 e. The van der Waals surface area contributed by atoms with Crippen molar-refractivity contribution in [3.8, 4) is 0 Å². The zero-order valence-corrected chi connectivity index (χ0v) is 12.5. The summed E-state index contributed by atoms with van der Waals surface area (Å²) in [6.07, 6.45) is 1.60. The van der Waals surface area contributed by atoms with Gasteiger partial charge in [-0.25, -0.2) is 9.67 Å². The molecule has 21 heavy (non-hydrogen) atoms. The maximum absolute atomic E-state index is 11.7. The first kappa shape index (κ1) is 14.1. The summed E-state index contributed by atoms with van der Waals surface area (Å²) in [5.41, 5.74) is 1.27. The van der Waals surface area contributed by atoms with Crippen molar-refractivity contribution in [2.24, 2.45) is 10.9 Å². The molecule has 3 rings (SSSR count). The second-order valence-electron chi connectivity index (χ2n) is 4.82. The highest BCUT2D eigenvalue weighted by Gasteiger charge is 2.38. The maximum Gasteiger partial charge on any atom is 0.314 e. The van der Waals surface area contributed by atoms with Crippen LogP contribution < -0.4 is 0 Å². The molecule has 0 saturated heterocycles. The van der Waals surface area contributed by atoms with Gasteiger partial charge in [0.25, 0.3) is 0 Å². The Morgan fingerprint density at radius 3 is 2.71 bits per heavy atom. The minimum Gasteiger partial charge on any atom is -0.481 e. The summed E-state index contributed by atoms with van der Waals surface area (Å²) in [5, 5.41) is 14.6. The van der Waals surface area contributed by atoms with Gasteiger partial charge in [-0.2, -0.15) is 5.10 Å². The normalized spacial score (nSPS) is 20.8. The summed E-state index contributed by atoms with van der Waals surface area (Å²) in [7, 11) is 0. The second-order valence-corrected chi connectivity index (χ2v) is 5.64. The zero-order chi connectivity index (χ0) is 15.1. The Kier molecular flexibility index (Phi) is 3.47. The number of carboxylic acids is 1. The number of hydrogen-bond acceptors (Lipinski definition) is 3. The van der Waals surface area contributed by atoms with Crippen molar-refractivity contribution >= 4 is 40.7 Å². The fourth-order valence-electron chi connectivity index (χ4n) is 2.57. The van der Waals surface area contributed by atoms with Crippen molar-refractivity contribution < 1.29 is 9.90 Å². The van der Waals surface area contributed by atoms with Gasteiger partial charge < -0.3 is 5.11 Å². The van der Waals surface area contributed by atoms with Crippen molar-refractivity contribution in [3.05, 3.63) is 46.1 Å². The lowest BCUT2D eigenvalue weighted by molar-refractivity contribution is -0.140. The maximum atomic E-state index is 11.7. The molecule has 2 heterocycles. The molecule has 2 aromatic rings. The van der Waals surface area contributed by atoms with Gasteiger partial charge in [-0.05, 0) is 24.6 Å². The van der Waals surface area contributed by atoms with E-state index >= 15 is 0 Å². The van der Waals surface area contributed by atoms with Crippen LogP contribution in [0.1, 0.15) is 18.5 Å². The lowest BCUT2D eigenvalue weighted by Crippen LogP contribution is -2.35. The van der Waals surface area contributed by atoms with Crippen LogP contribution in [-0.2, 0) is 4.79 Å². The zero-order valence-electron chi connectivity index (χ0n) is 11.0. The van der Waals surface area contributed by atoms with Gasteiger partial charge in [-0.1, -0.05) is 29.3 Å². The van der Waals surface area contributed by atoms with Gasteiger partial charge in [0.15, 0.2) is 5.82 Å². The molecule has 0 saturated carbocycles. The predicted molar refractivity (Wildman–Crippen MR) is 80.7 cm³/mol. The van der Waals surface area contributed by atoms with Crippen LogP contribution in [0.3, 0.4) is 0 Å². The van der Waals surface area contributed by atoms with Gasteiger partial charge in [0, 0.05) is 11.8 Å². The summed E-state index contributed by atoms with van der Waals surface area (Å²) in [6, 6.07) is 6.34. The molecule has 7 heteroatoms. The summed E-state index contributed by atoms with van der Waals surface area (Å²) in [4.78, 5) is 16.0. The number of aliphatic carboxylic acids is 1. The van der Waals surface area contributed by atoms with Crippen molar-refractivity contribution in [2.45, 2.75) is 13.0 Å². The Morgan fingerprint density at radius 2 is 2.05 bits per heavy atom. The first-order valence-corrected chi connectivity index (χ1v) is 7.01. The Balaban J connectivity index is 2.19. The third kappa shape index (κ3) is 2.32. The fraction of sp³-hybridized carbons (Fsp3) is 0.214. The van der Waals surface area contributed by atoms with Crippen molar-refractivity contribution in [1.82, 2.24) is 9.78 Å². The Labute approximate surface area is 130 Å². The minimum absolute atomic E-state index is 0.382. The Morgan fingerprint density at radius 1 is 1.29 bits per heavy atom. The van der Waals surface area contributed by atoms with Gasteiger partial charge in [-0.15, -0.1) is 0 Å². The van der Waals surface area contributed by atoms with Crippen LogP contribution in [0.2, 0.25) is 10.0 Å². The molecular weight excluding hydrogens is 313 g/mol. The molecule has 1 aliphatic rings. The van der Waals surface area contributed by atoms with Gasteiger partial charge in [-0.3, -0.25) is 4.79 Å². The predicted octanol–water partition coefficient (Wildman–Crippen LogP) is 3.59. The van der Waals surface area contributed by atoms with E-state index in [2.05, 4.69) is 10.1 Å². The monoisotopic (exact) mass is 323 g/mol. The van der Waals surface area contributed by atoms with Crippen molar-refractivity contribution in [2.75, 3.05) is 0 Å². The van der Waals surface area contributed by atoms with Crippen LogP contribution in [0.25, 0.3) is 0 Å². The van der Waals surface area contributed by atoms with E-state index in [4.69, 9.17) is 23.2 Å². The first-order chi connectivity index (χ1) is 9.99. The van der Waals surface area contributed by atoms with Crippen molar-refractivity contribution in [1.29, 1.82) is 0 Å². The summed E-state index contributed by atoms with van der Waals surface area (Å²) in [6.45, 7) is 1.71. The molecule has 5 nitrogen and oxygen atoms in total. The number of nitrogens with zero attached hydrogens (tertiary/aromatic N) is 3. The number of hydrogen-bond donors (Lipinski definition) is 1. The van der Waals surface area contributed by atoms with E-state index < -0.39 is 17.9 Å². The SMILES string of the molecule is CC1=Nc2ccnn2C(c2ccc(Cl)c(Cl)c2)C1C(=O)O. The molecule has 1 aromatic heterocycles. The second kappa shape index (κ2) is 5.16. The van der Waals surface area contributed by atoms with E-state index in [9.17, 15) is 9.90 Å². The van der Waals surface area contributed by atoms with Crippen LogP contribution in [0, 0.1) is 5.92 Å². The standard InChI is InChI=1S/C14H11Cl2N3O2/c1-7-12(14(20)21)13(19-11(18-7)4-5-17-19)8-2-3-9(15)10(16)6-8/h2-6,12-13H,1H3,(H,20,21). The van der Waals surface area contributed by atoms with Crippen LogP contribution in [0.15, 0.2) is 35.5 Å². The van der Waals surface area contributed by atoms with Crippen LogP contribution >= 0.6 is 23.2 Å². The molecule has 1 aliphatic heterocycles. The van der Waals surface area contributed by atoms with E-state index in [1.165, 1.54) is 0 Å². The molecular formula is C14H11Cl2N3O2. The van der Waals surface area contributed by atoms with E-state index in [0.29, 0.717) is 21.6 Å². The highest BCUT2D eigenvalue weighted by molar-refractivity contribution is 6.42. The van der Waals surface area contributed by atoms with Crippen LogP contribution in [0.4, 0.5) is 5.82 Å². The number of halogens is 2. The Hall–Kier alpha value is -1.85. The number of fused-ring (bicyclic) bond motifs is 1.